The van der Waals surface area contributed by atoms with Crippen LogP contribution in [0.3, 0.4) is 0 Å². The summed E-state index contributed by atoms with van der Waals surface area (Å²) < 4.78 is 19.4. The third-order valence-electron chi connectivity index (χ3n) is 3.56. The number of hydrogen-bond acceptors (Lipinski definition) is 3. The predicted molar refractivity (Wildman–Crippen MR) is 73.2 cm³/mol. The van der Waals surface area contributed by atoms with E-state index >= 15 is 0 Å². The van der Waals surface area contributed by atoms with Crippen molar-refractivity contribution < 1.29 is 8.81 Å². The molecule has 100 valence electrons. The Labute approximate surface area is 119 Å². The van der Waals surface area contributed by atoms with Crippen LogP contribution in [0.5, 0.6) is 0 Å². The molecule has 3 nitrogen and oxygen atoms in total. The maximum Gasteiger partial charge on any atom is 0.248 e. The van der Waals surface area contributed by atoms with Crippen LogP contribution >= 0.6 is 15.9 Å². The van der Waals surface area contributed by atoms with Gasteiger partial charge in [-0.25, -0.2) is 4.39 Å². The summed E-state index contributed by atoms with van der Waals surface area (Å²) in [6, 6.07) is 4.45. The second-order valence-corrected chi connectivity index (χ2v) is 5.76. The van der Waals surface area contributed by atoms with Crippen molar-refractivity contribution in [2.24, 2.45) is 0 Å². The highest BCUT2D eigenvalue weighted by molar-refractivity contribution is 9.10. The summed E-state index contributed by atoms with van der Waals surface area (Å²) in [7, 11) is 0. The van der Waals surface area contributed by atoms with Gasteiger partial charge in [-0.2, -0.15) is 0 Å². The minimum atomic E-state index is -0.289. The summed E-state index contributed by atoms with van der Waals surface area (Å²) in [5, 5.41) is 8.23. The summed E-state index contributed by atoms with van der Waals surface area (Å²) in [4.78, 5) is 0. The maximum absolute atomic E-state index is 13.1. The lowest BCUT2D eigenvalue weighted by atomic mass is 9.89. The summed E-state index contributed by atoms with van der Waals surface area (Å²) in [6.07, 6.45) is 5.98. The predicted octanol–water partition coefficient (Wildman–Crippen LogP) is 4.69. The fourth-order valence-electron chi connectivity index (χ4n) is 2.52. The number of halogens is 2. The van der Waals surface area contributed by atoms with E-state index in [1.165, 1.54) is 31.4 Å². The van der Waals surface area contributed by atoms with E-state index in [1.54, 1.807) is 6.07 Å². The molecule has 1 heterocycles. The van der Waals surface area contributed by atoms with Crippen LogP contribution in [0.15, 0.2) is 27.1 Å². The molecule has 1 fully saturated rings. The van der Waals surface area contributed by atoms with E-state index < -0.39 is 0 Å². The highest BCUT2D eigenvalue weighted by Gasteiger charge is 2.22. The molecule has 1 aliphatic carbocycles. The van der Waals surface area contributed by atoms with Gasteiger partial charge in [-0.05, 0) is 47.0 Å². The SMILES string of the molecule is Fc1ccc(-c2nnc(C3CCCCC3)o2)c(Br)c1. The maximum atomic E-state index is 13.1. The Kier molecular flexibility index (Phi) is 3.64. The van der Waals surface area contributed by atoms with E-state index in [4.69, 9.17) is 4.42 Å². The van der Waals surface area contributed by atoms with Crippen molar-refractivity contribution in [2.45, 2.75) is 38.0 Å². The first kappa shape index (κ1) is 12.8. The van der Waals surface area contributed by atoms with Crippen molar-refractivity contribution >= 4 is 15.9 Å². The smallest absolute Gasteiger partial charge is 0.248 e. The van der Waals surface area contributed by atoms with Gasteiger partial charge in [0, 0.05) is 10.4 Å². The van der Waals surface area contributed by atoms with Crippen molar-refractivity contribution in [1.29, 1.82) is 0 Å². The monoisotopic (exact) mass is 324 g/mol. The molecule has 0 spiro atoms. The standard InChI is InChI=1S/C14H14BrFN2O/c15-12-8-10(16)6-7-11(12)14-18-17-13(19-14)9-4-2-1-3-5-9/h6-9H,1-5H2. The molecule has 0 bridgehead atoms. The third-order valence-corrected chi connectivity index (χ3v) is 4.21. The van der Waals surface area contributed by atoms with Crippen LogP contribution < -0.4 is 0 Å². The number of hydrogen-bond donors (Lipinski definition) is 0. The van der Waals surface area contributed by atoms with Crippen LogP contribution in [-0.2, 0) is 0 Å². The molecule has 0 aliphatic heterocycles. The summed E-state index contributed by atoms with van der Waals surface area (Å²) in [5.74, 6) is 1.26. The quantitative estimate of drug-likeness (QED) is 0.804. The van der Waals surface area contributed by atoms with Crippen molar-refractivity contribution in [1.82, 2.24) is 10.2 Å². The Bertz CT molecular complexity index is 579. The van der Waals surface area contributed by atoms with Crippen molar-refractivity contribution in [2.75, 3.05) is 0 Å². The average molecular weight is 325 g/mol. The number of rotatable bonds is 2. The van der Waals surface area contributed by atoms with Crippen molar-refractivity contribution in [3.63, 3.8) is 0 Å². The number of aromatic nitrogens is 2. The first-order valence-corrected chi connectivity index (χ1v) is 7.32. The van der Waals surface area contributed by atoms with Crippen molar-refractivity contribution in [3.8, 4) is 11.5 Å². The van der Waals surface area contributed by atoms with Gasteiger partial charge in [0.15, 0.2) is 0 Å². The molecule has 0 atom stereocenters. The molecule has 0 amide bonds. The second-order valence-electron chi connectivity index (χ2n) is 4.90. The van der Waals surface area contributed by atoms with Crippen LogP contribution in [0, 0.1) is 5.82 Å². The molecular weight excluding hydrogens is 311 g/mol. The lowest BCUT2D eigenvalue weighted by Gasteiger charge is -2.17. The van der Waals surface area contributed by atoms with Crippen LogP contribution in [-0.4, -0.2) is 10.2 Å². The lowest BCUT2D eigenvalue weighted by molar-refractivity contribution is 0.367. The fourth-order valence-corrected chi connectivity index (χ4v) is 3.04. The molecule has 1 aromatic heterocycles. The second kappa shape index (κ2) is 5.41. The van der Waals surface area contributed by atoms with Gasteiger partial charge in [-0.1, -0.05) is 19.3 Å². The summed E-state index contributed by atoms with van der Waals surface area (Å²) >= 11 is 3.32. The van der Waals surface area contributed by atoms with Crippen LogP contribution in [0.2, 0.25) is 0 Å². The fraction of sp³-hybridized carbons (Fsp3) is 0.429. The van der Waals surface area contributed by atoms with Gasteiger partial charge in [0.2, 0.25) is 11.8 Å². The number of nitrogens with zero attached hydrogens (tertiary/aromatic N) is 2. The molecule has 0 unspecified atom stereocenters. The summed E-state index contributed by atoms with van der Waals surface area (Å²) in [5.41, 5.74) is 0.732. The molecule has 3 rings (SSSR count). The molecule has 0 radical (unpaired) electrons. The molecule has 5 heteroatoms. The molecule has 1 aliphatic rings. The first-order valence-electron chi connectivity index (χ1n) is 6.53. The zero-order valence-electron chi connectivity index (χ0n) is 10.4. The molecule has 19 heavy (non-hydrogen) atoms. The zero-order valence-corrected chi connectivity index (χ0v) is 12.0. The van der Waals surface area contributed by atoms with Gasteiger partial charge < -0.3 is 4.42 Å². The van der Waals surface area contributed by atoms with Crippen LogP contribution in [0.25, 0.3) is 11.5 Å². The van der Waals surface area contributed by atoms with Gasteiger partial charge in [-0.15, -0.1) is 10.2 Å². The first-order chi connectivity index (χ1) is 9.24. The average Bonchev–Trinajstić information content (AvgIpc) is 2.89. The lowest BCUT2D eigenvalue weighted by Crippen LogP contribution is -2.04. The topological polar surface area (TPSA) is 38.9 Å². The Morgan fingerprint density at radius 3 is 2.68 bits per heavy atom. The molecular formula is C14H14BrFN2O. The van der Waals surface area contributed by atoms with E-state index in [0.717, 1.165) is 18.4 Å². The van der Waals surface area contributed by atoms with Gasteiger partial charge in [0.05, 0.1) is 5.56 Å². The molecule has 2 aromatic rings. The highest BCUT2D eigenvalue weighted by atomic mass is 79.9. The Hall–Kier alpha value is -1.23. The highest BCUT2D eigenvalue weighted by Crippen LogP contribution is 2.34. The Morgan fingerprint density at radius 1 is 1.16 bits per heavy atom. The number of benzene rings is 1. The van der Waals surface area contributed by atoms with Gasteiger partial charge in [0.1, 0.15) is 5.82 Å². The molecule has 1 saturated carbocycles. The summed E-state index contributed by atoms with van der Waals surface area (Å²) in [6.45, 7) is 0. The van der Waals surface area contributed by atoms with Gasteiger partial charge >= 0.3 is 0 Å². The third kappa shape index (κ3) is 2.71. The van der Waals surface area contributed by atoms with Crippen molar-refractivity contribution in [3.05, 3.63) is 34.4 Å². The van der Waals surface area contributed by atoms with Crippen LogP contribution in [0.4, 0.5) is 4.39 Å². The van der Waals surface area contributed by atoms with E-state index in [9.17, 15) is 4.39 Å². The molecule has 0 saturated heterocycles. The largest absolute Gasteiger partial charge is 0.420 e. The molecule has 1 aromatic carbocycles. The minimum Gasteiger partial charge on any atom is -0.420 e. The minimum absolute atomic E-state index is 0.289. The van der Waals surface area contributed by atoms with Gasteiger partial charge in [-0.3, -0.25) is 0 Å². The Balaban J connectivity index is 1.87. The van der Waals surface area contributed by atoms with E-state index in [0.29, 0.717) is 22.2 Å². The van der Waals surface area contributed by atoms with E-state index in [2.05, 4.69) is 26.1 Å². The zero-order chi connectivity index (χ0) is 13.2. The normalized spacial score (nSPS) is 16.7. The Morgan fingerprint density at radius 2 is 1.95 bits per heavy atom. The van der Waals surface area contributed by atoms with Gasteiger partial charge in [0.25, 0.3) is 0 Å². The molecule has 0 N–H and O–H groups in total. The van der Waals surface area contributed by atoms with E-state index in [-0.39, 0.29) is 5.82 Å². The van der Waals surface area contributed by atoms with E-state index in [1.807, 2.05) is 0 Å². The van der Waals surface area contributed by atoms with Crippen LogP contribution in [0.1, 0.15) is 43.9 Å².